The number of amides is 2. The van der Waals surface area contributed by atoms with Crippen LogP contribution in [0.15, 0.2) is 30.3 Å². The third kappa shape index (κ3) is 2.70. The van der Waals surface area contributed by atoms with Gasteiger partial charge in [-0.3, -0.25) is 10.2 Å². The highest BCUT2D eigenvalue weighted by Gasteiger charge is 2.50. The summed E-state index contributed by atoms with van der Waals surface area (Å²) in [6.07, 6.45) is 1.69. The number of nitrogens with one attached hydrogen (secondary N) is 1. The van der Waals surface area contributed by atoms with Crippen LogP contribution in [0.5, 0.6) is 0 Å². The number of benzene rings is 1. The van der Waals surface area contributed by atoms with Gasteiger partial charge < -0.3 is 4.74 Å². The Balaban J connectivity index is 2.10. The topological polar surface area (TPSA) is 58.6 Å². The van der Waals surface area contributed by atoms with Crippen molar-refractivity contribution in [1.82, 2.24) is 5.01 Å². The van der Waals surface area contributed by atoms with Gasteiger partial charge in [0, 0.05) is 0 Å². The molecule has 0 spiro atoms. The molecule has 1 aliphatic heterocycles. The normalized spacial score (nSPS) is 22.5. The van der Waals surface area contributed by atoms with Crippen molar-refractivity contribution < 1.29 is 14.3 Å². The van der Waals surface area contributed by atoms with Crippen molar-refractivity contribution in [2.24, 2.45) is 0 Å². The van der Waals surface area contributed by atoms with E-state index in [1.54, 1.807) is 19.1 Å². The Bertz CT molecular complexity index is 475. The molecule has 1 N–H and O–H groups in total. The van der Waals surface area contributed by atoms with Crippen LogP contribution in [0.2, 0.25) is 0 Å². The largest absolute Gasteiger partial charge is 0.437 e. The van der Waals surface area contributed by atoms with Crippen molar-refractivity contribution in [3.8, 4) is 0 Å². The Kier molecular flexibility index (Phi) is 3.74. The second-order valence-corrected chi connectivity index (χ2v) is 4.82. The molecule has 5 nitrogen and oxygen atoms in total. The second kappa shape index (κ2) is 5.30. The average molecular weight is 262 g/mol. The monoisotopic (exact) mass is 262 g/mol. The number of hydrazine groups is 1. The molecule has 1 unspecified atom stereocenters. The molecular formula is C14H18N2O3. The van der Waals surface area contributed by atoms with Gasteiger partial charge >= 0.3 is 6.09 Å². The second-order valence-electron chi connectivity index (χ2n) is 4.82. The van der Waals surface area contributed by atoms with Crippen LogP contribution in [-0.4, -0.2) is 22.6 Å². The van der Waals surface area contributed by atoms with E-state index in [1.807, 2.05) is 25.1 Å². The van der Waals surface area contributed by atoms with E-state index in [0.717, 1.165) is 17.9 Å². The molecule has 0 saturated carbocycles. The van der Waals surface area contributed by atoms with E-state index in [9.17, 15) is 9.59 Å². The molecule has 1 heterocycles. The maximum Gasteiger partial charge on any atom is 0.437 e. The Hall–Kier alpha value is -2.04. The predicted molar refractivity (Wildman–Crippen MR) is 71.3 cm³/mol. The van der Waals surface area contributed by atoms with Gasteiger partial charge in [-0.25, -0.2) is 4.79 Å². The third-order valence-corrected chi connectivity index (χ3v) is 3.17. The standard InChI is InChI=1S/C14H18N2O3/c1-3-4-10-14(2)12(17)16(13(18)19-14)15-11-8-6-5-7-9-11/h5-9,15H,3-4,10H2,1-2H3. The summed E-state index contributed by atoms with van der Waals surface area (Å²) in [5, 5.41) is 0.949. The van der Waals surface area contributed by atoms with Gasteiger partial charge in [0.1, 0.15) is 0 Å². The van der Waals surface area contributed by atoms with Crippen molar-refractivity contribution >= 4 is 17.7 Å². The molecule has 2 amide bonds. The first-order valence-corrected chi connectivity index (χ1v) is 6.46. The van der Waals surface area contributed by atoms with Gasteiger partial charge in [0.25, 0.3) is 5.91 Å². The summed E-state index contributed by atoms with van der Waals surface area (Å²) in [5.41, 5.74) is 2.41. The number of unbranched alkanes of at least 4 members (excludes halogenated alkanes) is 1. The van der Waals surface area contributed by atoms with Crippen LogP contribution in [0, 0.1) is 0 Å². The van der Waals surface area contributed by atoms with E-state index >= 15 is 0 Å². The van der Waals surface area contributed by atoms with Crippen LogP contribution < -0.4 is 5.43 Å². The highest BCUT2D eigenvalue weighted by molar-refractivity contribution is 6.03. The van der Waals surface area contributed by atoms with Crippen LogP contribution in [0.1, 0.15) is 33.1 Å². The molecule has 1 saturated heterocycles. The van der Waals surface area contributed by atoms with Crippen LogP contribution in [0.4, 0.5) is 10.5 Å². The van der Waals surface area contributed by atoms with E-state index in [4.69, 9.17) is 4.74 Å². The number of carbonyl (C=O) groups excluding carboxylic acids is 2. The Morgan fingerprint density at radius 2 is 1.95 bits per heavy atom. The van der Waals surface area contributed by atoms with Crippen molar-refractivity contribution in [1.29, 1.82) is 0 Å². The van der Waals surface area contributed by atoms with Gasteiger partial charge in [-0.2, -0.15) is 5.01 Å². The molecule has 0 aromatic heterocycles. The number of hydrogen-bond acceptors (Lipinski definition) is 4. The molecule has 0 bridgehead atoms. The number of rotatable bonds is 5. The first kappa shape index (κ1) is 13.4. The van der Waals surface area contributed by atoms with Gasteiger partial charge in [-0.1, -0.05) is 31.5 Å². The van der Waals surface area contributed by atoms with E-state index in [2.05, 4.69) is 5.43 Å². The predicted octanol–water partition coefficient (Wildman–Crippen LogP) is 2.94. The summed E-state index contributed by atoms with van der Waals surface area (Å²) in [6.45, 7) is 3.69. The maximum absolute atomic E-state index is 12.3. The van der Waals surface area contributed by atoms with Crippen LogP contribution in [0.25, 0.3) is 0 Å². The van der Waals surface area contributed by atoms with Crippen LogP contribution >= 0.6 is 0 Å². The highest BCUT2D eigenvalue weighted by atomic mass is 16.6. The van der Waals surface area contributed by atoms with Crippen molar-refractivity contribution in [2.75, 3.05) is 5.43 Å². The summed E-state index contributed by atoms with van der Waals surface area (Å²) in [6, 6.07) is 9.07. The van der Waals surface area contributed by atoms with E-state index < -0.39 is 11.7 Å². The molecule has 5 heteroatoms. The first-order valence-electron chi connectivity index (χ1n) is 6.46. The number of carbonyl (C=O) groups is 2. The zero-order chi connectivity index (χ0) is 13.9. The molecule has 102 valence electrons. The molecule has 1 aromatic carbocycles. The minimum Gasteiger partial charge on any atom is -0.431 e. The summed E-state index contributed by atoms with van der Waals surface area (Å²) in [7, 11) is 0. The number of ether oxygens (including phenoxy) is 1. The number of imide groups is 1. The summed E-state index contributed by atoms with van der Waals surface area (Å²) in [5.74, 6) is -0.338. The molecule has 1 aliphatic rings. The maximum atomic E-state index is 12.3. The van der Waals surface area contributed by atoms with Gasteiger partial charge in [0.05, 0.1) is 5.69 Å². The number of para-hydroxylation sites is 1. The number of hydrogen-bond donors (Lipinski definition) is 1. The molecule has 1 aromatic rings. The molecule has 2 rings (SSSR count). The van der Waals surface area contributed by atoms with E-state index in [-0.39, 0.29) is 5.91 Å². The van der Waals surface area contributed by atoms with Gasteiger partial charge in [0.2, 0.25) is 0 Å². The van der Waals surface area contributed by atoms with Gasteiger partial charge in [-0.15, -0.1) is 0 Å². The van der Waals surface area contributed by atoms with E-state index in [1.165, 1.54) is 0 Å². The Morgan fingerprint density at radius 1 is 1.26 bits per heavy atom. The lowest BCUT2D eigenvalue weighted by Gasteiger charge is -2.19. The number of anilines is 1. The fraction of sp³-hybridized carbons (Fsp3) is 0.429. The van der Waals surface area contributed by atoms with Gasteiger partial charge in [-0.05, 0) is 31.9 Å². The van der Waals surface area contributed by atoms with Crippen LogP contribution in [0.3, 0.4) is 0 Å². The van der Waals surface area contributed by atoms with Crippen molar-refractivity contribution in [3.05, 3.63) is 30.3 Å². The molecule has 19 heavy (non-hydrogen) atoms. The number of nitrogens with zero attached hydrogens (tertiary/aromatic N) is 1. The lowest BCUT2D eigenvalue weighted by Crippen LogP contribution is -2.41. The lowest BCUT2D eigenvalue weighted by atomic mass is 9.99. The minimum atomic E-state index is -1.05. The average Bonchev–Trinajstić information content (AvgIpc) is 2.62. The quantitative estimate of drug-likeness (QED) is 0.886. The van der Waals surface area contributed by atoms with Gasteiger partial charge in [0.15, 0.2) is 5.60 Å². The molecule has 0 radical (unpaired) electrons. The number of cyclic esters (lactones) is 1. The first-order chi connectivity index (χ1) is 9.07. The minimum absolute atomic E-state index is 0.338. The highest BCUT2D eigenvalue weighted by Crippen LogP contribution is 2.29. The smallest absolute Gasteiger partial charge is 0.431 e. The summed E-state index contributed by atoms with van der Waals surface area (Å²) >= 11 is 0. The SMILES string of the molecule is CCCCC1(C)OC(=O)N(Nc2ccccc2)C1=O. The zero-order valence-electron chi connectivity index (χ0n) is 11.2. The Morgan fingerprint density at radius 3 is 2.58 bits per heavy atom. The lowest BCUT2D eigenvalue weighted by molar-refractivity contribution is -0.135. The fourth-order valence-electron chi connectivity index (χ4n) is 2.01. The summed E-state index contributed by atoms with van der Waals surface area (Å²) in [4.78, 5) is 24.1. The Labute approximate surface area is 112 Å². The van der Waals surface area contributed by atoms with Crippen LogP contribution in [-0.2, 0) is 9.53 Å². The zero-order valence-corrected chi connectivity index (χ0v) is 11.2. The van der Waals surface area contributed by atoms with E-state index in [0.29, 0.717) is 12.1 Å². The molecular weight excluding hydrogens is 244 g/mol. The molecule has 1 atom stereocenters. The molecule has 1 fully saturated rings. The fourth-order valence-corrected chi connectivity index (χ4v) is 2.01. The van der Waals surface area contributed by atoms with Crippen molar-refractivity contribution in [3.63, 3.8) is 0 Å². The molecule has 0 aliphatic carbocycles. The third-order valence-electron chi connectivity index (χ3n) is 3.17. The van der Waals surface area contributed by atoms with Crippen molar-refractivity contribution in [2.45, 2.75) is 38.7 Å². The summed E-state index contributed by atoms with van der Waals surface area (Å²) < 4.78 is 5.22.